The van der Waals surface area contributed by atoms with Gasteiger partial charge in [0, 0.05) is 25.7 Å². The number of morpholine rings is 1. The van der Waals surface area contributed by atoms with Crippen LogP contribution in [0.5, 0.6) is 0 Å². The Bertz CT molecular complexity index is 198. The molecule has 1 atom stereocenters. The molecule has 1 fully saturated rings. The number of halogens is 1. The van der Waals surface area contributed by atoms with Crippen LogP contribution in [0.15, 0.2) is 0 Å². The lowest BCUT2D eigenvalue weighted by Crippen LogP contribution is -2.47. The summed E-state index contributed by atoms with van der Waals surface area (Å²) in [5.41, 5.74) is 5.38. The molecule has 0 aromatic rings. The lowest BCUT2D eigenvalue weighted by atomic mass is 10.2. The molecule has 5 nitrogen and oxygen atoms in total. The minimum Gasteiger partial charge on any atom is -0.378 e. The number of rotatable bonds is 4. The zero-order chi connectivity index (χ0) is 11.1. The van der Waals surface area contributed by atoms with Crippen molar-refractivity contribution in [1.82, 2.24) is 10.2 Å². The summed E-state index contributed by atoms with van der Waals surface area (Å²) in [4.78, 5) is 13.2. The monoisotopic (exact) mass is 219 g/mol. The van der Waals surface area contributed by atoms with Crippen LogP contribution >= 0.6 is 0 Å². The highest BCUT2D eigenvalue weighted by atomic mass is 19.1. The molecule has 0 spiro atoms. The lowest BCUT2D eigenvalue weighted by molar-refractivity contribution is 0.0532. The molecule has 0 aliphatic carbocycles. The number of carbonyl (C=O) groups excluding carboxylic acids is 1. The van der Waals surface area contributed by atoms with Crippen LogP contribution in [0.25, 0.3) is 0 Å². The van der Waals surface area contributed by atoms with Crippen LogP contribution in [-0.2, 0) is 4.74 Å². The molecule has 1 heterocycles. The third kappa shape index (κ3) is 4.44. The van der Waals surface area contributed by atoms with Gasteiger partial charge in [0.1, 0.15) is 6.67 Å². The van der Waals surface area contributed by atoms with Crippen LogP contribution < -0.4 is 11.1 Å². The van der Waals surface area contributed by atoms with Crippen molar-refractivity contribution in [3.05, 3.63) is 0 Å². The van der Waals surface area contributed by atoms with Gasteiger partial charge < -0.3 is 20.7 Å². The number of hydrogen-bond acceptors (Lipinski definition) is 3. The van der Waals surface area contributed by atoms with Crippen molar-refractivity contribution in [1.29, 1.82) is 0 Å². The highest BCUT2D eigenvalue weighted by molar-refractivity contribution is 5.74. The summed E-state index contributed by atoms with van der Waals surface area (Å²) in [5, 5.41) is 2.70. The van der Waals surface area contributed by atoms with Gasteiger partial charge in [-0.05, 0) is 6.42 Å². The van der Waals surface area contributed by atoms with Gasteiger partial charge in [-0.1, -0.05) is 0 Å². The third-order valence-electron chi connectivity index (χ3n) is 2.29. The summed E-state index contributed by atoms with van der Waals surface area (Å²) in [6.07, 6.45) is 0.465. The van der Waals surface area contributed by atoms with Gasteiger partial charge in [0.25, 0.3) is 0 Å². The molecule has 1 saturated heterocycles. The Balaban J connectivity index is 2.12. The maximum Gasteiger partial charge on any atom is 0.317 e. The fraction of sp³-hybridized carbons (Fsp3) is 0.889. The molecular formula is C9H18FN3O2. The van der Waals surface area contributed by atoms with E-state index in [0.29, 0.717) is 39.3 Å². The minimum absolute atomic E-state index is 0.121. The smallest absolute Gasteiger partial charge is 0.317 e. The first-order valence-corrected chi connectivity index (χ1v) is 5.16. The van der Waals surface area contributed by atoms with Gasteiger partial charge in [0.15, 0.2) is 0 Å². The molecular weight excluding hydrogens is 201 g/mol. The summed E-state index contributed by atoms with van der Waals surface area (Å²) in [6.45, 7) is 2.26. The largest absolute Gasteiger partial charge is 0.378 e. The molecule has 6 heteroatoms. The number of amides is 2. The molecule has 15 heavy (non-hydrogen) atoms. The predicted octanol–water partition coefficient (Wildman–Crippen LogP) is -0.285. The van der Waals surface area contributed by atoms with Crippen LogP contribution in [0.1, 0.15) is 6.42 Å². The van der Waals surface area contributed by atoms with Gasteiger partial charge in [-0.2, -0.15) is 0 Å². The van der Waals surface area contributed by atoms with E-state index in [-0.39, 0.29) is 6.03 Å². The van der Waals surface area contributed by atoms with E-state index in [2.05, 4.69) is 5.32 Å². The summed E-state index contributed by atoms with van der Waals surface area (Å²) >= 11 is 0. The van der Waals surface area contributed by atoms with E-state index in [0.717, 1.165) is 0 Å². The van der Waals surface area contributed by atoms with Crippen LogP contribution in [0.3, 0.4) is 0 Å². The molecule has 0 saturated carbocycles. The second-order valence-electron chi connectivity index (χ2n) is 3.53. The Hall–Kier alpha value is -0.880. The fourth-order valence-electron chi connectivity index (χ4n) is 1.32. The van der Waals surface area contributed by atoms with Crippen molar-refractivity contribution in [3.63, 3.8) is 0 Å². The first-order valence-electron chi connectivity index (χ1n) is 5.16. The lowest BCUT2D eigenvalue weighted by Gasteiger charge is -2.27. The van der Waals surface area contributed by atoms with Crippen molar-refractivity contribution in [3.8, 4) is 0 Å². The predicted molar refractivity (Wildman–Crippen MR) is 54.4 cm³/mol. The van der Waals surface area contributed by atoms with Crippen molar-refractivity contribution in [2.45, 2.75) is 12.5 Å². The summed E-state index contributed by atoms with van der Waals surface area (Å²) in [5.74, 6) is 0. The number of nitrogens with zero attached hydrogens (tertiary/aromatic N) is 1. The molecule has 0 radical (unpaired) electrons. The van der Waals surface area contributed by atoms with E-state index >= 15 is 0 Å². The van der Waals surface area contributed by atoms with Crippen LogP contribution in [0, 0.1) is 0 Å². The number of nitrogens with one attached hydrogen (secondary N) is 1. The Morgan fingerprint density at radius 2 is 2.20 bits per heavy atom. The van der Waals surface area contributed by atoms with Crippen molar-refractivity contribution in [2.24, 2.45) is 5.73 Å². The molecule has 88 valence electrons. The zero-order valence-electron chi connectivity index (χ0n) is 8.75. The second kappa shape index (κ2) is 6.58. The summed E-state index contributed by atoms with van der Waals surface area (Å²) in [7, 11) is 0. The molecule has 2 amide bonds. The van der Waals surface area contributed by atoms with Gasteiger partial charge >= 0.3 is 6.03 Å². The zero-order valence-corrected chi connectivity index (χ0v) is 8.75. The van der Waals surface area contributed by atoms with Crippen LogP contribution in [-0.4, -0.2) is 56.5 Å². The average molecular weight is 219 g/mol. The summed E-state index contributed by atoms with van der Waals surface area (Å²) in [6, 6.07) is -0.598. The van der Waals surface area contributed by atoms with E-state index in [1.54, 1.807) is 4.90 Å². The maximum atomic E-state index is 12.0. The van der Waals surface area contributed by atoms with Gasteiger partial charge in [0.2, 0.25) is 0 Å². The quantitative estimate of drug-likeness (QED) is 0.683. The second-order valence-corrected chi connectivity index (χ2v) is 3.53. The number of carbonyl (C=O) groups is 1. The topological polar surface area (TPSA) is 67.6 Å². The number of alkyl halides is 1. The van der Waals surface area contributed by atoms with Crippen molar-refractivity contribution >= 4 is 6.03 Å². The Morgan fingerprint density at radius 1 is 1.53 bits per heavy atom. The first kappa shape index (κ1) is 12.2. The standard InChI is InChI=1S/C9H18FN3O2/c10-7-8(11)1-2-12-9(14)13-3-5-15-6-4-13/h8H,1-7,11H2,(H,12,14)/t8-/m0/s1. The van der Waals surface area contributed by atoms with E-state index in [9.17, 15) is 9.18 Å². The molecule has 3 N–H and O–H groups in total. The minimum atomic E-state index is -0.548. The van der Waals surface area contributed by atoms with E-state index in [1.807, 2.05) is 0 Å². The van der Waals surface area contributed by atoms with Gasteiger partial charge in [-0.15, -0.1) is 0 Å². The maximum absolute atomic E-state index is 12.0. The van der Waals surface area contributed by atoms with E-state index < -0.39 is 12.7 Å². The SMILES string of the molecule is N[C@H](CF)CCNC(=O)N1CCOCC1. The highest BCUT2D eigenvalue weighted by Gasteiger charge is 2.16. The molecule has 0 aromatic heterocycles. The molecule has 0 aromatic carbocycles. The normalized spacial score (nSPS) is 18.7. The van der Waals surface area contributed by atoms with Gasteiger partial charge in [0.05, 0.1) is 13.2 Å². The molecule has 1 aliphatic heterocycles. The summed E-state index contributed by atoms with van der Waals surface area (Å²) < 4.78 is 17.1. The Labute approximate surface area is 88.7 Å². The van der Waals surface area contributed by atoms with Crippen LogP contribution in [0.2, 0.25) is 0 Å². The Morgan fingerprint density at radius 3 is 2.80 bits per heavy atom. The number of ether oxygens (including phenoxy) is 1. The van der Waals surface area contributed by atoms with Gasteiger partial charge in [-0.25, -0.2) is 9.18 Å². The molecule has 1 rings (SSSR count). The fourth-order valence-corrected chi connectivity index (χ4v) is 1.32. The highest BCUT2D eigenvalue weighted by Crippen LogP contribution is 1.97. The first-order chi connectivity index (χ1) is 7.24. The van der Waals surface area contributed by atoms with E-state index in [4.69, 9.17) is 10.5 Å². The number of hydrogen-bond donors (Lipinski definition) is 2. The van der Waals surface area contributed by atoms with E-state index in [1.165, 1.54) is 0 Å². The van der Waals surface area contributed by atoms with Crippen molar-refractivity contribution in [2.75, 3.05) is 39.5 Å². The molecule has 0 bridgehead atoms. The average Bonchev–Trinajstić information content (AvgIpc) is 2.29. The van der Waals surface area contributed by atoms with Crippen LogP contribution in [0.4, 0.5) is 9.18 Å². The Kier molecular flexibility index (Phi) is 5.34. The van der Waals surface area contributed by atoms with Crippen molar-refractivity contribution < 1.29 is 13.9 Å². The third-order valence-corrected chi connectivity index (χ3v) is 2.29. The van der Waals surface area contributed by atoms with Gasteiger partial charge in [-0.3, -0.25) is 0 Å². The molecule has 1 aliphatic rings. The molecule has 0 unspecified atom stereocenters. The number of nitrogens with two attached hydrogens (primary N) is 1. The number of urea groups is 1.